The Morgan fingerprint density at radius 1 is 1.06 bits per heavy atom. The molecule has 0 amide bonds. The van der Waals surface area contributed by atoms with E-state index in [2.05, 4.69) is 18.9 Å². The van der Waals surface area contributed by atoms with Crippen LogP contribution in [0.15, 0.2) is 36.7 Å². The fourth-order valence-corrected chi connectivity index (χ4v) is 1.65. The summed E-state index contributed by atoms with van der Waals surface area (Å²) in [5.74, 6) is 0.466. The molecule has 1 aromatic carbocycles. The Morgan fingerprint density at radius 3 is 2.18 bits per heavy atom. The second-order valence-corrected chi connectivity index (χ2v) is 4.26. The van der Waals surface area contributed by atoms with Crippen molar-refractivity contribution in [2.45, 2.75) is 26.3 Å². The van der Waals surface area contributed by atoms with E-state index in [0.29, 0.717) is 16.2 Å². The van der Waals surface area contributed by atoms with Crippen molar-refractivity contribution in [3.05, 3.63) is 42.2 Å². The minimum atomic E-state index is -2.58. The zero-order chi connectivity index (χ0) is 12.4. The van der Waals surface area contributed by atoms with Crippen molar-refractivity contribution < 1.29 is 8.78 Å². The fraction of sp³-hybridized carbons (Fsp3) is 0.308. The lowest BCUT2D eigenvalue weighted by atomic mass is 10.0. The van der Waals surface area contributed by atoms with Gasteiger partial charge in [0.15, 0.2) is 0 Å². The van der Waals surface area contributed by atoms with Crippen molar-refractivity contribution in [2.75, 3.05) is 0 Å². The van der Waals surface area contributed by atoms with E-state index in [-0.39, 0.29) is 0 Å². The van der Waals surface area contributed by atoms with Crippen LogP contribution in [-0.2, 0) is 0 Å². The number of aromatic nitrogens is 2. The highest BCUT2D eigenvalue weighted by atomic mass is 19.3. The first-order valence-electron chi connectivity index (χ1n) is 5.50. The van der Waals surface area contributed by atoms with Gasteiger partial charge in [-0.15, -0.1) is 0 Å². The summed E-state index contributed by atoms with van der Waals surface area (Å²) < 4.78 is 25.4. The molecule has 1 aromatic heterocycles. The van der Waals surface area contributed by atoms with Gasteiger partial charge in [0.1, 0.15) is 0 Å². The second kappa shape index (κ2) is 4.65. The Labute approximate surface area is 98.9 Å². The average molecular weight is 236 g/mol. The molecule has 0 N–H and O–H groups in total. The molecule has 90 valence electrons. The third-order valence-electron chi connectivity index (χ3n) is 2.71. The molecular weight excluding hydrogens is 222 g/mol. The van der Waals surface area contributed by atoms with Crippen molar-refractivity contribution >= 4 is 0 Å². The molecule has 0 aliphatic heterocycles. The van der Waals surface area contributed by atoms with Crippen molar-refractivity contribution in [3.8, 4) is 11.1 Å². The maximum atomic E-state index is 12.4. The van der Waals surface area contributed by atoms with Crippen LogP contribution in [0.4, 0.5) is 8.78 Å². The monoisotopic (exact) mass is 236 g/mol. The van der Waals surface area contributed by atoms with Gasteiger partial charge in [0.2, 0.25) is 0 Å². The van der Waals surface area contributed by atoms with Gasteiger partial charge in [-0.1, -0.05) is 38.1 Å². The summed E-state index contributed by atoms with van der Waals surface area (Å²) in [7, 11) is 0. The van der Waals surface area contributed by atoms with Crippen LogP contribution in [0.3, 0.4) is 0 Å². The highest BCUT2D eigenvalue weighted by Gasteiger charge is 2.08. The largest absolute Gasteiger partial charge is 0.333 e. The van der Waals surface area contributed by atoms with Gasteiger partial charge in [-0.05, 0) is 17.0 Å². The minimum absolute atomic E-state index is 0.466. The first kappa shape index (κ1) is 11.8. The average Bonchev–Trinajstić information content (AvgIpc) is 2.78. The van der Waals surface area contributed by atoms with E-state index in [0.717, 1.165) is 5.56 Å². The Bertz CT molecular complexity index is 486. The molecule has 0 aliphatic carbocycles. The molecule has 0 saturated heterocycles. The highest BCUT2D eigenvalue weighted by molar-refractivity contribution is 5.62. The van der Waals surface area contributed by atoms with Crippen molar-refractivity contribution in [1.29, 1.82) is 0 Å². The fourth-order valence-electron chi connectivity index (χ4n) is 1.65. The standard InChI is InChI=1S/C13H14F2N2/c1-9(2)10-3-5-11(6-4-10)12-7-16-17(8-12)13(14)15/h3-9,13H,1-2H3. The van der Waals surface area contributed by atoms with Crippen molar-refractivity contribution in [1.82, 2.24) is 9.78 Å². The summed E-state index contributed by atoms with van der Waals surface area (Å²) in [6.07, 6.45) is 2.81. The summed E-state index contributed by atoms with van der Waals surface area (Å²) in [5.41, 5.74) is 2.84. The molecule has 0 bridgehead atoms. The summed E-state index contributed by atoms with van der Waals surface area (Å²) in [5, 5.41) is 3.62. The maximum absolute atomic E-state index is 12.4. The number of nitrogens with zero attached hydrogens (tertiary/aromatic N) is 2. The predicted octanol–water partition coefficient (Wildman–Crippen LogP) is 4.07. The second-order valence-electron chi connectivity index (χ2n) is 4.26. The quantitative estimate of drug-likeness (QED) is 0.785. The molecule has 0 fully saturated rings. The molecule has 0 atom stereocenters. The van der Waals surface area contributed by atoms with E-state index in [4.69, 9.17) is 0 Å². The van der Waals surface area contributed by atoms with Gasteiger partial charge in [0.25, 0.3) is 0 Å². The lowest BCUT2D eigenvalue weighted by Crippen LogP contribution is -1.96. The van der Waals surface area contributed by atoms with E-state index < -0.39 is 6.55 Å². The number of hydrogen-bond acceptors (Lipinski definition) is 1. The zero-order valence-electron chi connectivity index (χ0n) is 9.77. The Kier molecular flexibility index (Phi) is 3.22. The van der Waals surface area contributed by atoms with Crippen LogP contribution in [0.5, 0.6) is 0 Å². The summed E-state index contributed by atoms with van der Waals surface area (Å²) in [6.45, 7) is 1.65. The summed E-state index contributed by atoms with van der Waals surface area (Å²) in [6, 6.07) is 7.89. The minimum Gasteiger partial charge on any atom is -0.211 e. The van der Waals surface area contributed by atoms with Crippen LogP contribution in [0.25, 0.3) is 11.1 Å². The summed E-state index contributed by atoms with van der Waals surface area (Å²) >= 11 is 0. The van der Waals surface area contributed by atoms with Crippen LogP contribution < -0.4 is 0 Å². The number of alkyl halides is 2. The Morgan fingerprint density at radius 2 is 1.71 bits per heavy atom. The molecule has 0 spiro atoms. The zero-order valence-corrected chi connectivity index (χ0v) is 9.77. The molecule has 17 heavy (non-hydrogen) atoms. The van der Waals surface area contributed by atoms with E-state index in [1.807, 2.05) is 24.3 Å². The molecule has 0 unspecified atom stereocenters. The van der Waals surface area contributed by atoms with Gasteiger partial charge in [-0.3, -0.25) is 0 Å². The third kappa shape index (κ3) is 2.52. The molecule has 0 aliphatic rings. The SMILES string of the molecule is CC(C)c1ccc(-c2cnn(C(F)F)c2)cc1. The molecule has 0 radical (unpaired) electrons. The Balaban J connectivity index is 2.27. The van der Waals surface area contributed by atoms with Gasteiger partial charge in [0.05, 0.1) is 6.20 Å². The van der Waals surface area contributed by atoms with E-state index in [1.165, 1.54) is 18.0 Å². The molecule has 2 aromatic rings. The lowest BCUT2D eigenvalue weighted by molar-refractivity contribution is 0.0566. The lowest BCUT2D eigenvalue weighted by Gasteiger charge is -2.05. The number of benzene rings is 1. The van der Waals surface area contributed by atoms with Crippen LogP contribution in [0, 0.1) is 0 Å². The number of rotatable bonds is 3. The van der Waals surface area contributed by atoms with Gasteiger partial charge < -0.3 is 0 Å². The van der Waals surface area contributed by atoms with Crippen LogP contribution in [0.1, 0.15) is 31.9 Å². The molecule has 1 heterocycles. The van der Waals surface area contributed by atoms with E-state index in [1.54, 1.807) is 0 Å². The van der Waals surface area contributed by atoms with Gasteiger partial charge in [-0.2, -0.15) is 13.9 Å². The van der Waals surface area contributed by atoms with Gasteiger partial charge in [0, 0.05) is 11.8 Å². The van der Waals surface area contributed by atoms with E-state index >= 15 is 0 Å². The number of halogens is 2. The third-order valence-corrected chi connectivity index (χ3v) is 2.71. The van der Waals surface area contributed by atoms with Crippen molar-refractivity contribution in [2.24, 2.45) is 0 Å². The molecule has 2 rings (SSSR count). The Hall–Kier alpha value is -1.71. The first-order chi connectivity index (χ1) is 8.08. The van der Waals surface area contributed by atoms with Crippen LogP contribution in [-0.4, -0.2) is 9.78 Å². The molecule has 4 heteroatoms. The van der Waals surface area contributed by atoms with Crippen molar-refractivity contribution in [3.63, 3.8) is 0 Å². The highest BCUT2D eigenvalue weighted by Crippen LogP contribution is 2.23. The summed E-state index contributed by atoms with van der Waals surface area (Å²) in [4.78, 5) is 0. The van der Waals surface area contributed by atoms with E-state index in [9.17, 15) is 8.78 Å². The smallest absolute Gasteiger partial charge is 0.211 e. The predicted molar refractivity (Wildman–Crippen MR) is 63.0 cm³/mol. The molecule has 0 saturated carbocycles. The maximum Gasteiger partial charge on any atom is 0.333 e. The van der Waals surface area contributed by atoms with Gasteiger partial charge >= 0.3 is 6.55 Å². The molecule has 2 nitrogen and oxygen atoms in total. The topological polar surface area (TPSA) is 17.8 Å². The van der Waals surface area contributed by atoms with Gasteiger partial charge in [-0.25, -0.2) is 4.68 Å². The molecular formula is C13H14F2N2. The normalized spacial score (nSPS) is 11.4. The van der Waals surface area contributed by atoms with Crippen LogP contribution >= 0.6 is 0 Å². The first-order valence-corrected chi connectivity index (χ1v) is 5.50. The van der Waals surface area contributed by atoms with Crippen LogP contribution in [0.2, 0.25) is 0 Å². The number of hydrogen-bond donors (Lipinski definition) is 0.